The van der Waals surface area contributed by atoms with Gasteiger partial charge in [-0.2, -0.15) is 0 Å². The first-order chi connectivity index (χ1) is 6.05. The lowest BCUT2D eigenvalue weighted by Gasteiger charge is -2.30. The first-order valence-corrected chi connectivity index (χ1v) is 4.66. The zero-order valence-electron chi connectivity index (χ0n) is 8.92. The highest BCUT2D eigenvalue weighted by molar-refractivity contribution is 4.81. The van der Waals surface area contributed by atoms with Gasteiger partial charge in [-0.1, -0.05) is 6.92 Å². The van der Waals surface area contributed by atoms with Crippen LogP contribution in [0.1, 0.15) is 13.8 Å². The van der Waals surface area contributed by atoms with E-state index in [-0.39, 0.29) is 6.61 Å². The number of ether oxygens (including phenoxy) is 1. The van der Waals surface area contributed by atoms with Gasteiger partial charge in [-0.25, -0.2) is 0 Å². The average Bonchev–Trinajstić information content (AvgIpc) is 2.12. The van der Waals surface area contributed by atoms with Crippen molar-refractivity contribution in [2.24, 2.45) is 5.73 Å². The predicted molar refractivity (Wildman–Crippen MR) is 53.7 cm³/mol. The molecule has 0 fully saturated rings. The molecule has 13 heavy (non-hydrogen) atoms. The molecule has 1 unspecified atom stereocenters. The second-order valence-electron chi connectivity index (χ2n) is 3.67. The van der Waals surface area contributed by atoms with E-state index in [1.165, 1.54) is 0 Å². The molecule has 0 amide bonds. The van der Waals surface area contributed by atoms with E-state index < -0.39 is 5.54 Å². The monoisotopic (exact) mass is 190 g/mol. The minimum absolute atomic E-state index is 0.0104. The van der Waals surface area contributed by atoms with Gasteiger partial charge in [0.1, 0.15) is 0 Å². The zero-order chi connectivity index (χ0) is 10.3. The van der Waals surface area contributed by atoms with E-state index in [0.29, 0.717) is 13.2 Å². The minimum Gasteiger partial charge on any atom is -0.394 e. The smallest absolute Gasteiger partial charge is 0.0621 e. The van der Waals surface area contributed by atoms with Gasteiger partial charge < -0.3 is 15.6 Å². The van der Waals surface area contributed by atoms with Crippen molar-refractivity contribution in [3.63, 3.8) is 0 Å². The van der Waals surface area contributed by atoms with Crippen molar-refractivity contribution in [1.29, 1.82) is 0 Å². The van der Waals surface area contributed by atoms with Crippen LogP contribution in [0.5, 0.6) is 0 Å². The Bertz CT molecular complexity index is 129. The van der Waals surface area contributed by atoms with E-state index in [9.17, 15) is 0 Å². The molecule has 0 aliphatic carbocycles. The zero-order valence-corrected chi connectivity index (χ0v) is 8.92. The Morgan fingerprint density at radius 3 is 2.54 bits per heavy atom. The van der Waals surface area contributed by atoms with Crippen LogP contribution in [0.15, 0.2) is 0 Å². The Hall–Kier alpha value is -0.160. The fourth-order valence-electron chi connectivity index (χ4n) is 1.13. The second kappa shape index (κ2) is 6.32. The van der Waals surface area contributed by atoms with Gasteiger partial charge >= 0.3 is 0 Å². The van der Waals surface area contributed by atoms with Crippen molar-refractivity contribution >= 4 is 0 Å². The lowest BCUT2D eigenvalue weighted by atomic mass is 10.1. The summed E-state index contributed by atoms with van der Waals surface area (Å²) < 4.78 is 4.98. The van der Waals surface area contributed by atoms with E-state index >= 15 is 0 Å². The molecule has 3 N–H and O–H groups in total. The number of likely N-dealkylation sites (N-methyl/N-ethyl adjacent to an activating group) is 1. The molecule has 0 saturated carbocycles. The first-order valence-electron chi connectivity index (χ1n) is 4.66. The number of rotatable bonds is 7. The van der Waals surface area contributed by atoms with Crippen molar-refractivity contribution in [3.05, 3.63) is 0 Å². The summed E-state index contributed by atoms with van der Waals surface area (Å²) in [4.78, 5) is 2.17. The molecule has 0 spiro atoms. The fraction of sp³-hybridized carbons (Fsp3) is 1.00. The third-order valence-electron chi connectivity index (χ3n) is 2.00. The van der Waals surface area contributed by atoms with Crippen LogP contribution in [-0.4, -0.2) is 55.5 Å². The molecule has 0 aromatic rings. The molecule has 0 rings (SSSR count). The Morgan fingerprint density at radius 1 is 1.54 bits per heavy atom. The van der Waals surface area contributed by atoms with Crippen LogP contribution >= 0.6 is 0 Å². The number of nitrogens with two attached hydrogens (primary N) is 1. The summed E-state index contributed by atoms with van der Waals surface area (Å²) in [6.07, 6.45) is 0. The molecular formula is C9H22N2O2. The largest absolute Gasteiger partial charge is 0.394 e. The SMILES string of the molecule is CCN(CCOC)CC(C)(N)CO. The second-order valence-corrected chi connectivity index (χ2v) is 3.67. The van der Waals surface area contributed by atoms with Gasteiger partial charge in [-0.3, -0.25) is 4.90 Å². The van der Waals surface area contributed by atoms with Crippen LogP contribution in [0.2, 0.25) is 0 Å². The maximum absolute atomic E-state index is 8.98. The lowest BCUT2D eigenvalue weighted by Crippen LogP contribution is -2.51. The molecule has 80 valence electrons. The Labute approximate surface area is 80.7 Å². The summed E-state index contributed by atoms with van der Waals surface area (Å²) in [7, 11) is 1.68. The van der Waals surface area contributed by atoms with Crippen LogP contribution in [0, 0.1) is 0 Å². The third-order valence-corrected chi connectivity index (χ3v) is 2.00. The number of hydrogen-bond acceptors (Lipinski definition) is 4. The first kappa shape index (κ1) is 12.8. The number of aliphatic hydroxyl groups excluding tert-OH is 1. The lowest BCUT2D eigenvalue weighted by molar-refractivity contribution is 0.115. The summed E-state index contributed by atoms with van der Waals surface area (Å²) in [5.74, 6) is 0. The standard InChI is InChI=1S/C9H22N2O2/c1-4-11(5-6-13-3)7-9(2,10)8-12/h12H,4-8,10H2,1-3H3. The van der Waals surface area contributed by atoms with Gasteiger partial charge in [0.2, 0.25) is 0 Å². The maximum Gasteiger partial charge on any atom is 0.0621 e. The molecule has 0 aliphatic heterocycles. The van der Waals surface area contributed by atoms with Gasteiger partial charge in [0.25, 0.3) is 0 Å². The highest BCUT2D eigenvalue weighted by atomic mass is 16.5. The Morgan fingerprint density at radius 2 is 2.15 bits per heavy atom. The van der Waals surface area contributed by atoms with Crippen LogP contribution in [0.25, 0.3) is 0 Å². The summed E-state index contributed by atoms with van der Waals surface area (Å²) in [6.45, 7) is 7.12. The van der Waals surface area contributed by atoms with Crippen LogP contribution in [0.4, 0.5) is 0 Å². The number of methoxy groups -OCH3 is 1. The predicted octanol–water partition coefficient (Wildman–Crippen LogP) is -0.336. The molecule has 0 heterocycles. The van der Waals surface area contributed by atoms with E-state index in [1.807, 2.05) is 6.92 Å². The molecule has 0 aliphatic rings. The molecule has 4 heteroatoms. The molecule has 0 radical (unpaired) electrons. The average molecular weight is 190 g/mol. The number of hydrogen-bond donors (Lipinski definition) is 2. The van der Waals surface area contributed by atoms with Crippen molar-refractivity contribution in [2.45, 2.75) is 19.4 Å². The molecule has 4 nitrogen and oxygen atoms in total. The fourth-order valence-corrected chi connectivity index (χ4v) is 1.13. The number of nitrogens with zero attached hydrogens (tertiary/aromatic N) is 1. The van der Waals surface area contributed by atoms with E-state index in [4.69, 9.17) is 15.6 Å². The van der Waals surface area contributed by atoms with Gasteiger partial charge in [0.15, 0.2) is 0 Å². The van der Waals surface area contributed by atoms with Crippen molar-refractivity contribution in [2.75, 3.05) is 40.0 Å². The van der Waals surface area contributed by atoms with E-state index in [2.05, 4.69) is 11.8 Å². The third kappa shape index (κ3) is 5.99. The molecule has 1 atom stereocenters. The molecular weight excluding hydrogens is 168 g/mol. The number of aliphatic hydroxyl groups is 1. The van der Waals surface area contributed by atoms with Crippen LogP contribution in [-0.2, 0) is 4.74 Å². The van der Waals surface area contributed by atoms with Crippen molar-refractivity contribution in [1.82, 2.24) is 4.90 Å². The molecule has 0 bridgehead atoms. The summed E-state index contributed by atoms with van der Waals surface area (Å²) in [5.41, 5.74) is 5.32. The summed E-state index contributed by atoms with van der Waals surface area (Å²) in [6, 6.07) is 0. The molecule has 0 aromatic carbocycles. The van der Waals surface area contributed by atoms with Gasteiger partial charge in [-0.05, 0) is 13.5 Å². The molecule has 0 saturated heterocycles. The quantitative estimate of drug-likeness (QED) is 0.577. The van der Waals surface area contributed by atoms with Crippen molar-refractivity contribution in [3.8, 4) is 0 Å². The van der Waals surface area contributed by atoms with Crippen LogP contribution in [0.3, 0.4) is 0 Å². The maximum atomic E-state index is 8.98. The molecule has 0 aromatic heterocycles. The van der Waals surface area contributed by atoms with Gasteiger partial charge in [0, 0.05) is 25.7 Å². The normalized spacial score (nSPS) is 16.2. The van der Waals surface area contributed by atoms with E-state index in [1.54, 1.807) is 7.11 Å². The van der Waals surface area contributed by atoms with Crippen molar-refractivity contribution < 1.29 is 9.84 Å². The summed E-state index contributed by atoms with van der Waals surface area (Å²) in [5, 5.41) is 8.98. The minimum atomic E-state index is -0.510. The van der Waals surface area contributed by atoms with Crippen LogP contribution < -0.4 is 5.73 Å². The highest BCUT2D eigenvalue weighted by Gasteiger charge is 2.20. The summed E-state index contributed by atoms with van der Waals surface area (Å²) >= 11 is 0. The van der Waals surface area contributed by atoms with Gasteiger partial charge in [-0.15, -0.1) is 0 Å². The topological polar surface area (TPSA) is 58.7 Å². The Balaban J connectivity index is 3.82. The highest BCUT2D eigenvalue weighted by Crippen LogP contribution is 2.01. The Kier molecular flexibility index (Phi) is 6.24. The van der Waals surface area contributed by atoms with E-state index in [0.717, 1.165) is 13.1 Å². The van der Waals surface area contributed by atoms with Gasteiger partial charge in [0.05, 0.1) is 13.2 Å².